The number of benzene rings is 3. The normalized spacial score (nSPS) is 10.9. The molecule has 0 unspecified atom stereocenters. The molecule has 0 fully saturated rings. The Balaban J connectivity index is 1.36. The fourth-order valence-corrected chi connectivity index (χ4v) is 5.54. The summed E-state index contributed by atoms with van der Waals surface area (Å²) < 4.78 is 6.96. The summed E-state index contributed by atoms with van der Waals surface area (Å²) in [5.41, 5.74) is 3.54. The van der Waals surface area contributed by atoms with E-state index in [2.05, 4.69) is 5.32 Å². The van der Waals surface area contributed by atoms with E-state index in [0.717, 1.165) is 16.2 Å². The Bertz CT molecular complexity index is 1560. The SMILES string of the molecule is COc1ccccc1C(=O)Nc1ccccc1SCc1cc(=O)n2c(-c3ccccc3)csc2n1. The molecule has 5 aromatic rings. The molecular formula is C27H21N3O3S2. The van der Waals surface area contributed by atoms with Crippen LogP contribution in [-0.2, 0) is 5.75 Å². The second-order valence-electron chi connectivity index (χ2n) is 7.63. The average Bonchev–Trinajstić information content (AvgIpc) is 3.33. The summed E-state index contributed by atoms with van der Waals surface area (Å²) in [5, 5.41) is 4.93. The van der Waals surface area contributed by atoms with Crippen LogP contribution in [0.2, 0.25) is 0 Å². The second kappa shape index (κ2) is 10.2. The number of ether oxygens (including phenoxy) is 1. The lowest BCUT2D eigenvalue weighted by Crippen LogP contribution is -2.15. The van der Waals surface area contributed by atoms with Gasteiger partial charge in [-0.2, -0.15) is 0 Å². The number of anilines is 1. The number of hydrogen-bond acceptors (Lipinski definition) is 6. The zero-order valence-corrected chi connectivity index (χ0v) is 20.4. The third-order valence-electron chi connectivity index (χ3n) is 5.39. The van der Waals surface area contributed by atoms with Crippen molar-refractivity contribution in [1.82, 2.24) is 9.38 Å². The lowest BCUT2D eigenvalue weighted by Gasteiger charge is -2.12. The van der Waals surface area contributed by atoms with Gasteiger partial charge in [0, 0.05) is 22.1 Å². The lowest BCUT2D eigenvalue weighted by atomic mass is 10.2. The Morgan fingerprint density at radius 3 is 2.60 bits per heavy atom. The first-order chi connectivity index (χ1) is 17.1. The summed E-state index contributed by atoms with van der Waals surface area (Å²) >= 11 is 2.96. The van der Waals surface area contributed by atoms with E-state index in [9.17, 15) is 9.59 Å². The van der Waals surface area contributed by atoms with Gasteiger partial charge in [-0.05, 0) is 29.8 Å². The summed E-state index contributed by atoms with van der Waals surface area (Å²) in [6, 6.07) is 26.1. The molecule has 0 spiro atoms. The molecular weight excluding hydrogens is 478 g/mol. The van der Waals surface area contributed by atoms with Gasteiger partial charge in [0.15, 0.2) is 4.96 Å². The highest BCUT2D eigenvalue weighted by atomic mass is 32.2. The predicted octanol–water partition coefficient (Wildman–Crippen LogP) is 5.98. The third-order valence-corrected chi connectivity index (χ3v) is 7.32. The van der Waals surface area contributed by atoms with Gasteiger partial charge in [0.25, 0.3) is 11.5 Å². The number of carbonyl (C=O) groups is 1. The van der Waals surface area contributed by atoms with Gasteiger partial charge in [0.2, 0.25) is 0 Å². The van der Waals surface area contributed by atoms with Crippen molar-refractivity contribution >= 4 is 39.7 Å². The molecule has 35 heavy (non-hydrogen) atoms. The largest absolute Gasteiger partial charge is 0.496 e. The molecule has 6 nitrogen and oxygen atoms in total. The summed E-state index contributed by atoms with van der Waals surface area (Å²) in [5.74, 6) is 0.755. The van der Waals surface area contributed by atoms with Crippen molar-refractivity contribution in [3.63, 3.8) is 0 Å². The van der Waals surface area contributed by atoms with E-state index in [-0.39, 0.29) is 11.5 Å². The minimum atomic E-state index is -0.250. The fraction of sp³-hybridized carbons (Fsp3) is 0.0741. The molecule has 0 aliphatic heterocycles. The Hall–Kier alpha value is -3.88. The maximum atomic E-state index is 12.9. The molecule has 2 aromatic heterocycles. The minimum absolute atomic E-state index is 0.108. The van der Waals surface area contributed by atoms with Crippen LogP contribution in [0.4, 0.5) is 5.69 Å². The summed E-state index contributed by atoms with van der Waals surface area (Å²) in [6.45, 7) is 0. The molecule has 0 aliphatic carbocycles. The van der Waals surface area contributed by atoms with Crippen molar-refractivity contribution < 1.29 is 9.53 Å². The van der Waals surface area contributed by atoms with Crippen molar-refractivity contribution in [3.05, 3.63) is 112 Å². The molecule has 0 saturated carbocycles. The van der Waals surface area contributed by atoms with E-state index in [4.69, 9.17) is 9.72 Å². The first-order valence-electron chi connectivity index (χ1n) is 10.9. The van der Waals surface area contributed by atoms with E-state index >= 15 is 0 Å². The van der Waals surface area contributed by atoms with Crippen molar-refractivity contribution in [2.24, 2.45) is 0 Å². The van der Waals surface area contributed by atoms with Crippen molar-refractivity contribution in [2.45, 2.75) is 10.6 Å². The highest BCUT2D eigenvalue weighted by Gasteiger charge is 2.15. The number of thiazole rings is 1. The molecule has 0 atom stereocenters. The van der Waals surface area contributed by atoms with Gasteiger partial charge in [-0.3, -0.25) is 14.0 Å². The van der Waals surface area contributed by atoms with Gasteiger partial charge in [-0.15, -0.1) is 23.1 Å². The number of nitrogens with zero attached hydrogens (tertiary/aromatic N) is 2. The van der Waals surface area contributed by atoms with Crippen LogP contribution in [-0.4, -0.2) is 22.4 Å². The van der Waals surface area contributed by atoms with E-state index in [1.165, 1.54) is 23.1 Å². The Morgan fingerprint density at radius 2 is 1.77 bits per heavy atom. The average molecular weight is 500 g/mol. The molecule has 0 radical (unpaired) electrons. The highest BCUT2D eigenvalue weighted by Crippen LogP contribution is 2.31. The number of rotatable bonds is 7. The quantitative estimate of drug-likeness (QED) is 0.279. The smallest absolute Gasteiger partial charge is 0.259 e. The number of methoxy groups -OCH3 is 1. The van der Waals surface area contributed by atoms with Gasteiger partial charge in [0.05, 0.1) is 29.7 Å². The predicted molar refractivity (Wildman–Crippen MR) is 142 cm³/mol. The van der Waals surface area contributed by atoms with Crippen LogP contribution in [0.5, 0.6) is 5.75 Å². The lowest BCUT2D eigenvalue weighted by molar-refractivity contribution is 0.102. The van der Waals surface area contributed by atoms with Crippen LogP contribution in [0.15, 0.2) is 100.0 Å². The molecule has 3 aromatic carbocycles. The van der Waals surface area contributed by atoms with Gasteiger partial charge in [-0.1, -0.05) is 54.6 Å². The van der Waals surface area contributed by atoms with Crippen LogP contribution in [0, 0.1) is 0 Å². The van der Waals surface area contributed by atoms with E-state index < -0.39 is 0 Å². The number of thioether (sulfide) groups is 1. The first kappa shape index (κ1) is 22.9. The summed E-state index contributed by atoms with van der Waals surface area (Å²) in [6.07, 6.45) is 0. The number of carbonyl (C=O) groups excluding carboxylic acids is 1. The molecule has 1 N–H and O–H groups in total. The number of nitrogens with one attached hydrogen (secondary N) is 1. The zero-order chi connectivity index (χ0) is 24.2. The molecule has 5 rings (SSSR count). The molecule has 0 aliphatic rings. The molecule has 174 valence electrons. The maximum Gasteiger partial charge on any atom is 0.259 e. The highest BCUT2D eigenvalue weighted by molar-refractivity contribution is 7.98. The molecule has 1 amide bonds. The number of para-hydroxylation sites is 2. The Morgan fingerprint density at radius 1 is 1.03 bits per heavy atom. The maximum absolute atomic E-state index is 12.9. The van der Waals surface area contributed by atoms with Crippen LogP contribution >= 0.6 is 23.1 Å². The number of aromatic nitrogens is 2. The van der Waals surface area contributed by atoms with Gasteiger partial charge < -0.3 is 10.1 Å². The van der Waals surface area contributed by atoms with Gasteiger partial charge in [-0.25, -0.2) is 4.98 Å². The zero-order valence-electron chi connectivity index (χ0n) is 18.8. The van der Waals surface area contributed by atoms with Gasteiger partial charge in [0.1, 0.15) is 5.75 Å². The molecule has 0 saturated heterocycles. The van der Waals surface area contributed by atoms with E-state index in [1.807, 2.05) is 66.0 Å². The third kappa shape index (κ3) is 4.84. The molecule has 2 heterocycles. The van der Waals surface area contributed by atoms with Crippen molar-refractivity contribution in [2.75, 3.05) is 12.4 Å². The van der Waals surface area contributed by atoms with Crippen LogP contribution < -0.4 is 15.6 Å². The van der Waals surface area contributed by atoms with E-state index in [1.54, 1.807) is 35.8 Å². The standard InChI is InChI=1S/C27H21N3O3S2/c1-33-23-13-7-5-11-20(23)26(32)29-21-12-6-8-14-24(21)34-16-19-15-25(31)30-22(17-35-27(30)28-19)18-9-3-2-4-10-18/h2-15,17H,16H2,1H3,(H,29,32). The van der Waals surface area contributed by atoms with Crippen LogP contribution in [0.3, 0.4) is 0 Å². The van der Waals surface area contributed by atoms with Crippen LogP contribution in [0.25, 0.3) is 16.2 Å². The second-order valence-corrected chi connectivity index (χ2v) is 9.48. The molecule has 8 heteroatoms. The molecule has 0 bridgehead atoms. The van der Waals surface area contributed by atoms with Crippen molar-refractivity contribution in [3.8, 4) is 17.0 Å². The monoisotopic (exact) mass is 499 g/mol. The van der Waals surface area contributed by atoms with Crippen LogP contribution in [0.1, 0.15) is 16.1 Å². The van der Waals surface area contributed by atoms with Crippen molar-refractivity contribution in [1.29, 1.82) is 0 Å². The first-order valence-corrected chi connectivity index (χ1v) is 12.7. The number of fused-ring (bicyclic) bond motifs is 1. The topological polar surface area (TPSA) is 72.7 Å². The number of amides is 1. The summed E-state index contributed by atoms with van der Waals surface area (Å²) in [4.78, 5) is 32.1. The Kier molecular flexibility index (Phi) is 6.65. The minimum Gasteiger partial charge on any atom is -0.496 e. The fourth-order valence-electron chi connectivity index (χ4n) is 3.72. The summed E-state index contributed by atoms with van der Waals surface area (Å²) in [7, 11) is 1.54. The Labute approximate surface area is 210 Å². The van der Waals surface area contributed by atoms with E-state index in [0.29, 0.717) is 33.4 Å². The number of hydrogen-bond donors (Lipinski definition) is 1. The van der Waals surface area contributed by atoms with Gasteiger partial charge >= 0.3 is 0 Å².